The molecule has 0 radical (unpaired) electrons. The summed E-state index contributed by atoms with van der Waals surface area (Å²) in [6.45, 7) is 6.76. The zero-order valence-electron chi connectivity index (χ0n) is 15.3. The summed E-state index contributed by atoms with van der Waals surface area (Å²) in [4.78, 5) is 12.6. The van der Waals surface area contributed by atoms with Crippen LogP contribution in [0.25, 0.3) is 0 Å². The van der Waals surface area contributed by atoms with Crippen molar-refractivity contribution in [1.29, 1.82) is 0 Å². The van der Waals surface area contributed by atoms with Crippen molar-refractivity contribution >= 4 is 5.91 Å². The highest BCUT2D eigenvalue weighted by Gasteiger charge is 2.30. The van der Waals surface area contributed by atoms with E-state index in [-0.39, 0.29) is 12.0 Å². The topological polar surface area (TPSA) is 47.6 Å². The molecular weight excluding hydrogens is 314 g/mol. The van der Waals surface area contributed by atoms with Crippen molar-refractivity contribution in [1.82, 2.24) is 5.32 Å². The Kier molecular flexibility index (Phi) is 4.98. The maximum absolute atomic E-state index is 12.6. The highest BCUT2D eigenvalue weighted by Crippen LogP contribution is 2.40. The van der Waals surface area contributed by atoms with Crippen LogP contribution in [0, 0.1) is 6.92 Å². The van der Waals surface area contributed by atoms with E-state index in [1.807, 2.05) is 37.3 Å². The third-order valence-electron chi connectivity index (χ3n) is 4.90. The Hall–Kier alpha value is -2.49. The van der Waals surface area contributed by atoms with Crippen LogP contribution in [-0.2, 0) is 6.42 Å². The standard InChI is InChI=1S/C21H25NO3/c1-13-8-9-19(24-4)16(12-13)10-11-22-21(23)18-7-5-6-17-14(2)15(3)25-20(17)18/h5-9,12,14-15H,10-11H2,1-4H3,(H,22,23)/t14-,15+/m0/s1. The van der Waals surface area contributed by atoms with Gasteiger partial charge in [-0.25, -0.2) is 0 Å². The monoisotopic (exact) mass is 339 g/mol. The molecule has 1 aliphatic rings. The van der Waals surface area contributed by atoms with Crippen LogP contribution in [0.4, 0.5) is 0 Å². The highest BCUT2D eigenvalue weighted by atomic mass is 16.5. The van der Waals surface area contributed by atoms with Crippen molar-refractivity contribution in [2.75, 3.05) is 13.7 Å². The molecule has 1 amide bonds. The third kappa shape index (κ3) is 3.48. The first-order valence-electron chi connectivity index (χ1n) is 8.72. The Morgan fingerprint density at radius 1 is 1.24 bits per heavy atom. The Bertz CT molecular complexity index is 785. The molecule has 0 spiro atoms. The van der Waals surface area contributed by atoms with E-state index in [1.165, 1.54) is 5.56 Å². The van der Waals surface area contributed by atoms with Gasteiger partial charge in [0.25, 0.3) is 5.91 Å². The molecule has 25 heavy (non-hydrogen) atoms. The highest BCUT2D eigenvalue weighted by molar-refractivity contribution is 5.97. The molecule has 4 heteroatoms. The smallest absolute Gasteiger partial charge is 0.255 e. The van der Waals surface area contributed by atoms with Gasteiger partial charge in [0.1, 0.15) is 17.6 Å². The molecule has 2 aromatic carbocycles. The van der Waals surface area contributed by atoms with Crippen molar-refractivity contribution in [2.24, 2.45) is 0 Å². The fraction of sp³-hybridized carbons (Fsp3) is 0.381. The molecule has 2 aromatic rings. The van der Waals surface area contributed by atoms with Crippen LogP contribution in [0.1, 0.15) is 46.8 Å². The minimum atomic E-state index is -0.0928. The largest absolute Gasteiger partial charge is 0.496 e. The molecule has 0 unspecified atom stereocenters. The summed E-state index contributed by atoms with van der Waals surface area (Å²) in [6.07, 6.45) is 0.819. The fourth-order valence-electron chi connectivity index (χ4n) is 3.27. The van der Waals surface area contributed by atoms with E-state index in [4.69, 9.17) is 9.47 Å². The number of carbonyl (C=O) groups is 1. The lowest BCUT2D eigenvalue weighted by atomic mass is 9.97. The molecule has 1 N–H and O–H groups in total. The van der Waals surface area contributed by atoms with Crippen LogP contribution in [0.2, 0.25) is 0 Å². The molecule has 0 saturated heterocycles. The van der Waals surface area contributed by atoms with E-state index in [2.05, 4.69) is 25.2 Å². The second-order valence-electron chi connectivity index (χ2n) is 6.66. The molecule has 4 nitrogen and oxygen atoms in total. The molecular formula is C21H25NO3. The Labute approximate surface area is 149 Å². The van der Waals surface area contributed by atoms with Gasteiger partial charge in [0.05, 0.1) is 12.7 Å². The average Bonchev–Trinajstić information content (AvgIpc) is 2.89. The molecule has 132 valence electrons. The van der Waals surface area contributed by atoms with E-state index in [1.54, 1.807) is 7.11 Å². The molecule has 3 rings (SSSR count). The van der Waals surface area contributed by atoms with Gasteiger partial charge in [0.2, 0.25) is 0 Å². The Balaban J connectivity index is 1.68. The van der Waals surface area contributed by atoms with Crippen LogP contribution in [0.5, 0.6) is 11.5 Å². The molecule has 2 atom stereocenters. The summed E-state index contributed by atoms with van der Waals surface area (Å²) in [7, 11) is 1.67. The van der Waals surface area contributed by atoms with E-state index >= 15 is 0 Å². The maximum Gasteiger partial charge on any atom is 0.255 e. The van der Waals surface area contributed by atoms with Crippen LogP contribution >= 0.6 is 0 Å². The summed E-state index contributed by atoms with van der Waals surface area (Å²) < 4.78 is 11.3. The number of aryl methyl sites for hydroxylation is 1. The minimum Gasteiger partial charge on any atom is -0.496 e. The van der Waals surface area contributed by atoms with Gasteiger partial charge in [0.15, 0.2) is 0 Å². The summed E-state index contributed by atoms with van der Waals surface area (Å²) in [5, 5.41) is 3.00. The van der Waals surface area contributed by atoms with Crippen molar-refractivity contribution in [2.45, 2.75) is 39.2 Å². The van der Waals surface area contributed by atoms with Crippen molar-refractivity contribution in [3.63, 3.8) is 0 Å². The Morgan fingerprint density at radius 3 is 2.80 bits per heavy atom. The first-order chi connectivity index (χ1) is 12.0. The number of hydrogen-bond acceptors (Lipinski definition) is 3. The summed E-state index contributed by atoms with van der Waals surface area (Å²) in [5.74, 6) is 1.80. The molecule has 0 bridgehead atoms. The number of hydrogen-bond donors (Lipinski definition) is 1. The number of benzene rings is 2. The lowest BCUT2D eigenvalue weighted by molar-refractivity contribution is 0.0949. The maximum atomic E-state index is 12.6. The van der Waals surface area contributed by atoms with Gasteiger partial charge in [0, 0.05) is 18.0 Å². The van der Waals surface area contributed by atoms with Crippen molar-refractivity contribution < 1.29 is 14.3 Å². The van der Waals surface area contributed by atoms with Gasteiger partial charge >= 0.3 is 0 Å². The zero-order chi connectivity index (χ0) is 18.0. The van der Waals surface area contributed by atoms with Gasteiger partial charge < -0.3 is 14.8 Å². The third-order valence-corrected chi connectivity index (χ3v) is 4.90. The lowest BCUT2D eigenvalue weighted by Gasteiger charge is -2.12. The van der Waals surface area contributed by atoms with Gasteiger partial charge in [-0.2, -0.15) is 0 Å². The number of fused-ring (bicyclic) bond motifs is 1. The summed E-state index contributed by atoms with van der Waals surface area (Å²) in [6, 6.07) is 11.9. The van der Waals surface area contributed by atoms with Crippen LogP contribution in [-0.4, -0.2) is 25.7 Å². The van der Waals surface area contributed by atoms with E-state index in [9.17, 15) is 4.79 Å². The number of para-hydroxylation sites is 1. The molecule has 0 aromatic heterocycles. The first-order valence-corrected chi connectivity index (χ1v) is 8.72. The first kappa shape index (κ1) is 17.3. The van der Waals surface area contributed by atoms with E-state index < -0.39 is 0 Å². The van der Waals surface area contributed by atoms with Gasteiger partial charge in [-0.05, 0) is 38.0 Å². The number of nitrogens with one attached hydrogen (secondary N) is 1. The average molecular weight is 339 g/mol. The lowest BCUT2D eigenvalue weighted by Crippen LogP contribution is -2.26. The second kappa shape index (κ2) is 7.18. The van der Waals surface area contributed by atoms with Crippen LogP contribution in [0.3, 0.4) is 0 Å². The van der Waals surface area contributed by atoms with Gasteiger partial charge in [-0.3, -0.25) is 4.79 Å². The molecule has 1 aliphatic heterocycles. The second-order valence-corrected chi connectivity index (χ2v) is 6.66. The summed E-state index contributed by atoms with van der Waals surface area (Å²) >= 11 is 0. The fourth-order valence-corrected chi connectivity index (χ4v) is 3.27. The molecule has 0 saturated carbocycles. The van der Waals surface area contributed by atoms with E-state index in [0.717, 1.165) is 29.0 Å². The molecule has 1 heterocycles. The zero-order valence-corrected chi connectivity index (χ0v) is 15.3. The van der Waals surface area contributed by atoms with E-state index in [0.29, 0.717) is 18.0 Å². The van der Waals surface area contributed by atoms with Crippen LogP contribution < -0.4 is 14.8 Å². The molecule has 0 aliphatic carbocycles. The number of rotatable bonds is 5. The Morgan fingerprint density at radius 2 is 2.04 bits per heavy atom. The number of methoxy groups -OCH3 is 1. The van der Waals surface area contributed by atoms with Gasteiger partial charge in [-0.15, -0.1) is 0 Å². The van der Waals surface area contributed by atoms with Crippen LogP contribution in [0.15, 0.2) is 36.4 Å². The normalized spacial score (nSPS) is 18.4. The summed E-state index contributed by atoms with van der Waals surface area (Å²) in [5.41, 5.74) is 4.00. The quantitative estimate of drug-likeness (QED) is 0.900. The molecule has 0 fully saturated rings. The number of amides is 1. The number of ether oxygens (including phenoxy) is 2. The minimum absolute atomic E-state index is 0.0928. The number of carbonyl (C=O) groups excluding carboxylic acids is 1. The van der Waals surface area contributed by atoms with Crippen molar-refractivity contribution in [3.8, 4) is 11.5 Å². The van der Waals surface area contributed by atoms with Gasteiger partial charge in [-0.1, -0.05) is 36.8 Å². The SMILES string of the molecule is COc1ccc(C)cc1CCNC(=O)c1cccc2c1O[C@H](C)[C@@H]2C. The predicted molar refractivity (Wildman–Crippen MR) is 98.7 cm³/mol. The predicted octanol–water partition coefficient (Wildman–Crippen LogP) is 3.86. The van der Waals surface area contributed by atoms with Crippen molar-refractivity contribution in [3.05, 3.63) is 58.7 Å².